The molecule has 0 aromatic carbocycles. The first-order chi connectivity index (χ1) is 8.76. The van der Waals surface area contributed by atoms with Gasteiger partial charge in [-0.1, -0.05) is 0 Å². The average Bonchev–Trinajstić information content (AvgIpc) is 2.75. The van der Waals surface area contributed by atoms with E-state index in [0.29, 0.717) is 30.9 Å². The average molecular weight is 252 g/mol. The first-order valence-electron chi connectivity index (χ1n) is 5.79. The standard InChI is InChI=1S/C10H16N6O2/c1-3-17-7(18-4-2)5-16-6-12-8-9(11)13-15-14-10(8)16/h6-7H,3-5H2,1-2H3,(H2,11,13,14). The van der Waals surface area contributed by atoms with Crippen molar-refractivity contribution in [2.24, 2.45) is 0 Å². The molecule has 0 unspecified atom stereocenters. The highest BCUT2D eigenvalue weighted by Crippen LogP contribution is 2.14. The number of imidazole rings is 1. The predicted octanol–water partition coefficient (Wildman–Crippen LogP) is 0.203. The maximum absolute atomic E-state index is 5.67. The van der Waals surface area contributed by atoms with Gasteiger partial charge in [0.25, 0.3) is 0 Å². The Hall–Kier alpha value is -1.80. The fourth-order valence-electron chi connectivity index (χ4n) is 1.64. The summed E-state index contributed by atoms with van der Waals surface area (Å²) in [5.74, 6) is 0.267. The molecule has 2 aromatic heterocycles. The molecule has 0 fully saturated rings. The maximum atomic E-state index is 5.67. The molecule has 0 saturated carbocycles. The van der Waals surface area contributed by atoms with Crippen LogP contribution in [0.5, 0.6) is 0 Å². The Labute approximate surface area is 104 Å². The Balaban J connectivity index is 2.22. The highest BCUT2D eigenvalue weighted by molar-refractivity contribution is 5.80. The Morgan fingerprint density at radius 1 is 1.28 bits per heavy atom. The van der Waals surface area contributed by atoms with Crippen molar-refractivity contribution in [3.8, 4) is 0 Å². The van der Waals surface area contributed by atoms with Crippen molar-refractivity contribution in [3.63, 3.8) is 0 Å². The van der Waals surface area contributed by atoms with Gasteiger partial charge >= 0.3 is 0 Å². The van der Waals surface area contributed by atoms with Gasteiger partial charge in [0.15, 0.2) is 23.3 Å². The number of fused-ring (bicyclic) bond motifs is 1. The molecular formula is C10H16N6O2. The maximum Gasteiger partial charge on any atom is 0.188 e. The SMILES string of the molecule is CCOC(Cn1cnc2c(N)nnnc21)OCC. The second kappa shape index (κ2) is 5.69. The van der Waals surface area contributed by atoms with E-state index in [4.69, 9.17) is 15.2 Å². The molecule has 2 rings (SSSR count). The van der Waals surface area contributed by atoms with E-state index in [-0.39, 0.29) is 12.1 Å². The van der Waals surface area contributed by atoms with Gasteiger partial charge in [-0.3, -0.25) is 0 Å². The van der Waals surface area contributed by atoms with Gasteiger partial charge in [-0.2, -0.15) is 0 Å². The molecule has 0 radical (unpaired) electrons. The van der Waals surface area contributed by atoms with Gasteiger partial charge in [-0.15, -0.1) is 10.2 Å². The van der Waals surface area contributed by atoms with Crippen LogP contribution in [0.25, 0.3) is 11.2 Å². The summed E-state index contributed by atoms with van der Waals surface area (Å²) in [6.07, 6.45) is 1.29. The molecule has 18 heavy (non-hydrogen) atoms. The van der Waals surface area contributed by atoms with Gasteiger partial charge in [0.1, 0.15) is 0 Å². The summed E-state index contributed by atoms with van der Waals surface area (Å²) in [7, 11) is 0. The molecule has 0 aliphatic carbocycles. The van der Waals surface area contributed by atoms with E-state index in [1.807, 2.05) is 13.8 Å². The lowest BCUT2D eigenvalue weighted by molar-refractivity contribution is -0.143. The van der Waals surface area contributed by atoms with E-state index in [9.17, 15) is 0 Å². The third kappa shape index (κ3) is 2.54. The number of nitrogens with zero attached hydrogens (tertiary/aromatic N) is 5. The second-order valence-electron chi connectivity index (χ2n) is 3.58. The molecule has 0 aliphatic rings. The highest BCUT2D eigenvalue weighted by atomic mass is 16.7. The van der Waals surface area contributed by atoms with Gasteiger partial charge in [0.05, 0.1) is 12.9 Å². The Bertz CT molecular complexity index is 508. The smallest absolute Gasteiger partial charge is 0.188 e. The van der Waals surface area contributed by atoms with E-state index >= 15 is 0 Å². The van der Waals surface area contributed by atoms with Crippen LogP contribution in [0.1, 0.15) is 13.8 Å². The molecule has 2 aromatic rings. The van der Waals surface area contributed by atoms with Crippen LogP contribution in [0.2, 0.25) is 0 Å². The van der Waals surface area contributed by atoms with Crippen LogP contribution in [0.3, 0.4) is 0 Å². The Morgan fingerprint density at radius 3 is 2.67 bits per heavy atom. The Kier molecular flexibility index (Phi) is 4.00. The van der Waals surface area contributed by atoms with Crippen molar-refractivity contribution in [1.29, 1.82) is 0 Å². The van der Waals surface area contributed by atoms with Gasteiger partial charge in [0.2, 0.25) is 0 Å². The molecule has 0 atom stereocenters. The van der Waals surface area contributed by atoms with E-state index in [0.717, 1.165) is 0 Å². The molecule has 0 spiro atoms. The fourth-order valence-corrected chi connectivity index (χ4v) is 1.64. The molecule has 8 nitrogen and oxygen atoms in total. The third-order valence-corrected chi connectivity index (χ3v) is 2.40. The monoisotopic (exact) mass is 252 g/mol. The number of hydrogen-bond donors (Lipinski definition) is 1. The second-order valence-corrected chi connectivity index (χ2v) is 3.58. The van der Waals surface area contributed by atoms with E-state index in [2.05, 4.69) is 20.4 Å². The fraction of sp³-hybridized carbons (Fsp3) is 0.600. The summed E-state index contributed by atoms with van der Waals surface area (Å²) >= 11 is 0. The van der Waals surface area contributed by atoms with Gasteiger partial charge < -0.3 is 19.8 Å². The lowest BCUT2D eigenvalue weighted by Crippen LogP contribution is -2.23. The number of aromatic nitrogens is 5. The van der Waals surface area contributed by atoms with Crippen molar-refractivity contribution >= 4 is 17.0 Å². The van der Waals surface area contributed by atoms with Crippen molar-refractivity contribution in [1.82, 2.24) is 25.0 Å². The molecule has 0 saturated heterocycles. The first-order valence-corrected chi connectivity index (χ1v) is 5.79. The minimum atomic E-state index is -0.339. The van der Waals surface area contributed by atoms with Crippen molar-refractivity contribution in [2.45, 2.75) is 26.7 Å². The number of hydrogen-bond acceptors (Lipinski definition) is 7. The summed E-state index contributed by atoms with van der Waals surface area (Å²) in [5, 5.41) is 11.2. The molecule has 2 N–H and O–H groups in total. The highest BCUT2D eigenvalue weighted by Gasteiger charge is 2.14. The summed E-state index contributed by atoms with van der Waals surface area (Å²) in [6, 6.07) is 0. The van der Waals surface area contributed by atoms with Crippen molar-refractivity contribution < 1.29 is 9.47 Å². The predicted molar refractivity (Wildman–Crippen MR) is 64.6 cm³/mol. The molecule has 0 bridgehead atoms. The number of nitrogen functional groups attached to an aromatic ring is 1. The number of nitrogens with two attached hydrogens (primary N) is 1. The van der Waals surface area contributed by atoms with Crippen LogP contribution in [0, 0.1) is 0 Å². The summed E-state index contributed by atoms with van der Waals surface area (Å²) in [5.41, 5.74) is 6.78. The van der Waals surface area contributed by atoms with Crippen LogP contribution < -0.4 is 5.73 Å². The van der Waals surface area contributed by atoms with E-state index < -0.39 is 0 Å². The van der Waals surface area contributed by atoms with Crippen molar-refractivity contribution in [2.75, 3.05) is 18.9 Å². The van der Waals surface area contributed by atoms with E-state index in [1.165, 1.54) is 0 Å². The molecular weight excluding hydrogens is 236 g/mol. The number of anilines is 1. The van der Waals surface area contributed by atoms with Gasteiger partial charge in [-0.05, 0) is 19.1 Å². The van der Waals surface area contributed by atoms with Gasteiger partial charge in [0, 0.05) is 13.2 Å². The summed E-state index contributed by atoms with van der Waals surface area (Å²) in [6.45, 7) is 5.47. The summed E-state index contributed by atoms with van der Waals surface area (Å²) in [4.78, 5) is 4.15. The van der Waals surface area contributed by atoms with Crippen molar-refractivity contribution in [3.05, 3.63) is 6.33 Å². The Morgan fingerprint density at radius 2 is 2.00 bits per heavy atom. The molecule has 2 heterocycles. The zero-order valence-electron chi connectivity index (χ0n) is 10.4. The zero-order valence-corrected chi connectivity index (χ0v) is 10.4. The molecule has 8 heteroatoms. The number of ether oxygens (including phenoxy) is 2. The largest absolute Gasteiger partial charge is 0.380 e. The molecule has 98 valence electrons. The quantitative estimate of drug-likeness (QED) is 0.733. The third-order valence-electron chi connectivity index (χ3n) is 2.40. The van der Waals surface area contributed by atoms with E-state index in [1.54, 1.807) is 10.9 Å². The number of rotatable bonds is 6. The van der Waals surface area contributed by atoms with Gasteiger partial charge in [-0.25, -0.2) is 4.98 Å². The molecule has 0 aliphatic heterocycles. The van der Waals surface area contributed by atoms with Crippen LogP contribution in [-0.4, -0.2) is 44.5 Å². The summed E-state index contributed by atoms with van der Waals surface area (Å²) < 4.78 is 12.7. The molecule has 0 amide bonds. The normalized spacial score (nSPS) is 11.5. The van der Waals surface area contributed by atoms with Crippen LogP contribution in [0.4, 0.5) is 5.82 Å². The lowest BCUT2D eigenvalue weighted by atomic mass is 10.5. The van der Waals surface area contributed by atoms with Crippen LogP contribution in [0.15, 0.2) is 6.33 Å². The zero-order chi connectivity index (χ0) is 13.0. The van der Waals surface area contributed by atoms with Crippen LogP contribution in [-0.2, 0) is 16.0 Å². The topological polar surface area (TPSA) is 101 Å². The minimum absolute atomic E-state index is 0.267. The van der Waals surface area contributed by atoms with Crippen LogP contribution >= 0.6 is 0 Å². The lowest BCUT2D eigenvalue weighted by Gasteiger charge is -2.17. The minimum Gasteiger partial charge on any atom is -0.380 e. The first kappa shape index (κ1) is 12.7.